The van der Waals surface area contributed by atoms with Crippen LogP contribution in [0.5, 0.6) is 0 Å². The predicted molar refractivity (Wildman–Crippen MR) is 115 cm³/mol. The Labute approximate surface area is 178 Å². The fourth-order valence-corrected chi connectivity index (χ4v) is 5.08. The molecule has 0 bridgehead atoms. The molecule has 0 saturated heterocycles. The highest BCUT2D eigenvalue weighted by atomic mass is 32.2. The summed E-state index contributed by atoms with van der Waals surface area (Å²) in [5.74, 6) is -0.867. The number of aryl methyl sites for hydroxylation is 1. The lowest BCUT2D eigenvalue weighted by Crippen LogP contribution is -2.40. The minimum absolute atomic E-state index is 0.142. The Morgan fingerprint density at radius 2 is 1.67 bits per heavy atom. The van der Waals surface area contributed by atoms with E-state index in [0.717, 1.165) is 5.56 Å². The van der Waals surface area contributed by atoms with Crippen LogP contribution in [0.25, 0.3) is 0 Å². The third kappa shape index (κ3) is 4.49. The van der Waals surface area contributed by atoms with Crippen molar-refractivity contribution in [1.29, 1.82) is 0 Å². The molecule has 1 aromatic carbocycles. The first-order valence-corrected chi connectivity index (χ1v) is 11.3. The second-order valence-electron chi connectivity index (χ2n) is 7.59. The number of rotatable bonds is 8. The fourth-order valence-electron chi connectivity index (χ4n) is 3.49. The number of benzene rings is 1. The summed E-state index contributed by atoms with van der Waals surface area (Å²) in [6, 6.07) is 6.12. The molecule has 0 spiro atoms. The van der Waals surface area contributed by atoms with Crippen LogP contribution in [0.4, 0.5) is 0 Å². The summed E-state index contributed by atoms with van der Waals surface area (Å²) in [6.45, 7) is 10.4. The molecule has 7 nitrogen and oxygen atoms in total. The lowest BCUT2D eigenvalue weighted by atomic mass is 10.1. The molecule has 0 N–H and O–H groups in total. The van der Waals surface area contributed by atoms with Crippen molar-refractivity contribution in [3.63, 3.8) is 0 Å². The Kier molecular flexibility index (Phi) is 7.26. The van der Waals surface area contributed by atoms with Gasteiger partial charge in [-0.2, -0.15) is 4.31 Å². The number of esters is 1. The minimum Gasteiger partial charge on any atom is -0.461 e. The molecule has 0 aliphatic carbocycles. The molecular weight excluding hydrogens is 404 g/mol. The summed E-state index contributed by atoms with van der Waals surface area (Å²) in [4.78, 5) is 25.7. The number of ether oxygens (including phenoxy) is 1. The van der Waals surface area contributed by atoms with Gasteiger partial charge in [-0.1, -0.05) is 17.7 Å². The normalized spacial score (nSPS) is 11.9. The third-order valence-corrected chi connectivity index (χ3v) is 7.22. The molecule has 0 saturated carbocycles. The molecule has 2 aromatic rings. The molecule has 0 radical (unpaired) electrons. The number of hydrogen-bond acceptors (Lipinski definition) is 5. The standard InChI is InChI=1S/C22H30N2O5S/c1-8-29-22(26)21-16(5)20(17(6)23(21)7)19(25)13-24(14(2)3)30(27,28)18-11-9-15(4)10-12-18/h9-12,14H,8,13H2,1-7H3. The van der Waals surface area contributed by atoms with Crippen molar-refractivity contribution in [2.75, 3.05) is 13.2 Å². The maximum Gasteiger partial charge on any atom is 0.355 e. The van der Waals surface area contributed by atoms with Gasteiger partial charge in [0.15, 0.2) is 5.78 Å². The van der Waals surface area contributed by atoms with Gasteiger partial charge in [-0.25, -0.2) is 13.2 Å². The Balaban J connectivity index is 2.45. The highest BCUT2D eigenvalue weighted by molar-refractivity contribution is 7.89. The van der Waals surface area contributed by atoms with Gasteiger partial charge in [-0.3, -0.25) is 4.79 Å². The van der Waals surface area contributed by atoms with Gasteiger partial charge in [-0.05, 0) is 59.2 Å². The molecule has 8 heteroatoms. The summed E-state index contributed by atoms with van der Waals surface area (Å²) in [5, 5.41) is 0. The van der Waals surface area contributed by atoms with E-state index in [1.807, 2.05) is 6.92 Å². The molecule has 1 heterocycles. The quantitative estimate of drug-likeness (QED) is 0.469. The second kappa shape index (κ2) is 9.14. The summed E-state index contributed by atoms with van der Waals surface area (Å²) >= 11 is 0. The summed E-state index contributed by atoms with van der Waals surface area (Å²) in [7, 11) is -2.17. The van der Waals surface area contributed by atoms with Gasteiger partial charge >= 0.3 is 5.97 Å². The lowest BCUT2D eigenvalue weighted by molar-refractivity contribution is 0.0514. The molecule has 164 valence electrons. The molecular formula is C22H30N2O5S. The van der Waals surface area contributed by atoms with E-state index in [4.69, 9.17) is 4.74 Å². The number of nitrogens with zero attached hydrogens (tertiary/aromatic N) is 2. The molecule has 0 unspecified atom stereocenters. The first kappa shape index (κ1) is 23.8. The first-order valence-electron chi connectivity index (χ1n) is 9.88. The number of sulfonamides is 1. The van der Waals surface area contributed by atoms with Crippen LogP contribution >= 0.6 is 0 Å². The average Bonchev–Trinajstić information content (AvgIpc) is 2.88. The Morgan fingerprint density at radius 1 is 1.10 bits per heavy atom. The van der Waals surface area contributed by atoms with E-state index in [0.29, 0.717) is 22.5 Å². The van der Waals surface area contributed by atoms with Crippen LogP contribution < -0.4 is 0 Å². The Hall–Kier alpha value is -2.45. The molecule has 0 aliphatic rings. The van der Waals surface area contributed by atoms with Gasteiger partial charge in [0.05, 0.1) is 18.0 Å². The number of carbonyl (C=O) groups excluding carboxylic acids is 2. The minimum atomic E-state index is -3.86. The lowest BCUT2D eigenvalue weighted by Gasteiger charge is -2.25. The SMILES string of the molecule is CCOC(=O)c1c(C)c(C(=O)CN(C(C)C)S(=O)(=O)c2ccc(C)cc2)c(C)n1C. The van der Waals surface area contributed by atoms with Crippen molar-refractivity contribution in [3.05, 3.63) is 52.3 Å². The van der Waals surface area contributed by atoms with Crippen molar-refractivity contribution in [1.82, 2.24) is 8.87 Å². The van der Waals surface area contributed by atoms with E-state index in [1.54, 1.807) is 70.5 Å². The smallest absolute Gasteiger partial charge is 0.355 e. The van der Waals surface area contributed by atoms with E-state index >= 15 is 0 Å². The number of aromatic nitrogens is 1. The van der Waals surface area contributed by atoms with Gasteiger partial charge < -0.3 is 9.30 Å². The van der Waals surface area contributed by atoms with E-state index in [1.165, 1.54) is 4.31 Å². The van der Waals surface area contributed by atoms with Gasteiger partial charge in [0.1, 0.15) is 5.69 Å². The topological polar surface area (TPSA) is 85.7 Å². The summed E-state index contributed by atoms with van der Waals surface area (Å²) in [6.07, 6.45) is 0. The molecule has 0 amide bonds. The molecule has 2 rings (SSSR count). The van der Waals surface area contributed by atoms with Crippen molar-refractivity contribution in [2.24, 2.45) is 7.05 Å². The van der Waals surface area contributed by atoms with Crippen LogP contribution in [0.15, 0.2) is 29.2 Å². The van der Waals surface area contributed by atoms with Crippen LogP contribution in [-0.4, -0.2) is 48.2 Å². The number of Topliss-reactive ketones (excluding diaryl/α,β-unsaturated/α-hetero) is 1. The zero-order chi connectivity index (χ0) is 22.8. The van der Waals surface area contributed by atoms with Crippen LogP contribution in [0, 0.1) is 20.8 Å². The molecule has 0 fully saturated rings. The van der Waals surface area contributed by atoms with E-state index < -0.39 is 22.0 Å². The fraction of sp³-hybridized carbons (Fsp3) is 0.455. The highest BCUT2D eigenvalue weighted by Crippen LogP contribution is 2.25. The van der Waals surface area contributed by atoms with Gasteiger partial charge in [0, 0.05) is 24.3 Å². The van der Waals surface area contributed by atoms with Crippen LogP contribution in [-0.2, 0) is 21.8 Å². The molecule has 1 aromatic heterocycles. The van der Waals surface area contributed by atoms with Crippen LogP contribution in [0.2, 0.25) is 0 Å². The van der Waals surface area contributed by atoms with E-state index in [2.05, 4.69) is 0 Å². The largest absolute Gasteiger partial charge is 0.461 e. The van der Waals surface area contributed by atoms with Crippen LogP contribution in [0.3, 0.4) is 0 Å². The monoisotopic (exact) mass is 434 g/mol. The summed E-state index contributed by atoms with van der Waals surface area (Å²) in [5.41, 5.74) is 2.69. The van der Waals surface area contributed by atoms with E-state index in [9.17, 15) is 18.0 Å². The van der Waals surface area contributed by atoms with Gasteiger partial charge in [0.25, 0.3) is 0 Å². The molecule has 0 atom stereocenters. The van der Waals surface area contributed by atoms with Crippen molar-refractivity contribution in [3.8, 4) is 0 Å². The predicted octanol–water partition coefficient (Wildman–Crippen LogP) is 3.41. The van der Waals surface area contributed by atoms with Crippen LogP contribution in [0.1, 0.15) is 58.4 Å². The van der Waals surface area contributed by atoms with Crippen molar-refractivity contribution < 1.29 is 22.7 Å². The number of ketones is 1. The third-order valence-electron chi connectivity index (χ3n) is 5.18. The second-order valence-corrected chi connectivity index (χ2v) is 9.48. The maximum absolute atomic E-state index is 13.2. The zero-order valence-corrected chi connectivity index (χ0v) is 19.5. The Bertz CT molecular complexity index is 1050. The molecule has 0 aliphatic heterocycles. The maximum atomic E-state index is 13.2. The van der Waals surface area contributed by atoms with E-state index in [-0.39, 0.29) is 23.8 Å². The van der Waals surface area contributed by atoms with Crippen molar-refractivity contribution in [2.45, 2.75) is 52.5 Å². The number of hydrogen-bond donors (Lipinski definition) is 0. The van der Waals surface area contributed by atoms with Gasteiger partial charge in [-0.15, -0.1) is 0 Å². The first-order chi connectivity index (χ1) is 13.9. The highest BCUT2D eigenvalue weighted by Gasteiger charge is 2.32. The van der Waals surface area contributed by atoms with Crippen molar-refractivity contribution >= 4 is 21.8 Å². The number of carbonyl (C=O) groups is 2. The Morgan fingerprint density at radius 3 is 2.17 bits per heavy atom. The summed E-state index contributed by atoms with van der Waals surface area (Å²) < 4.78 is 34.3. The molecule has 30 heavy (non-hydrogen) atoms. The zero-order valence-electron chi connectivity index (χ0n) is 18.6. The van der Waals surface area contributed by atoms with Gasteiger partial charge in [0.2, 0.25) is 10.0 Å². The average molecular weight is 435 g/mol.